The quantitative estimate of drug-likeness (QED) is 0.310. The van der Waals surface area contributed by atoms with E-state index in [1.165, 1.54) is 5.56 Å². The summed E-state index contributed by atoms with van der Waals surface area (Å²) in [7, 11) is -1.05. The Hall–Kier alpha value is -4.16. The number of amides is 1. The highest BCUT2D eigenvalue weighted by atomic mass is 32.2. The number of benzene rings is 2. The summed E-state index contributed by atoms with van der Waals surface area (Å²) in [6.07, 6.45) is 5.98. The Morgan fingerprint density at radius 2 is 1.65 bits per heavy atom. The third-order valence-corrected chi connectivity index (χ3v) is 7.16. The summed E-state index contributed by atoms with van der Waals surface area (Å²) in [5.41, 5.74) is 2.04. The van der Waals surface area contributed by atoms with E-state index in [1.807, 2.05) is 6.07 Å². The highest BCUT2D eigenvalue weighted by Crippen LogP contribution is 2.22. The number of carboxylic acids is 2. The lowest BCUT2D eigenvalue weighted by Gasteiger charge is -2.32. The second-order valence-corrected chi connectivity index (χ2v) is 10.5. The predicted octanol–water partition coefficient (Wildman–Crippen LogP) is 3.22. The minimum atomic E-state index is -1.26. The Morgan fingerprint density at radius 1 is 1.02 bits per heavy atom. The monoisotopic (exact) mass is 568 g/mol. The van der Waals surface area contributed by atoms with Crippen LogP contribution in [0, 0.1) is 5.92 Å². The summed E-state index contributed by atoms with van der Waals surface area (Å²) in [6, 6.07) is 17.6. The Labute approximate surface area is 234 Å². The number of nitrogens with zero attached hydrogens (tertiary/aromatic N) is 3. The molecular weight excluding hydrogens is 536 g/mol. The molecule has 0 saturated carbocycles. The van der Waals surface area contributed by atoms with Gasteiger partial charge in [0, 0.05) is 52.8 Å². The van der Waals surface area contributed by atoms with Gasteiger partial charge in [0.25, 0.3) is 17.6 Å². The number of hydrogen-bond donors (Lipinski definition) is 3. The standard InChI is InChI=1S/C24H28N4O3S.C4H4O4/c1-32(30)21-9-7-20(8-10-21)24-26-22(27-31-24)23(29)25-14-11-18-12-15-28(16-13-18)17-19-5-3-2-4-6-19;5-3(6)1-2-4(7)8/h2-10,18H,11-17H2,1H3,(H,25,29);1-2H,(H,5,6)(H,7,8). The number of aliphatic carboxylic acids is 2. The normalized spacial score (nSPS) is 14.7. The van der Waals surface area contributed by atoms with Crippen LogP contribution < -0.4 is 5.32 Å². The number of rotatable bonds is 10. The van der Waals surface area contributed by atoms with E-state index in [0.29, 0.717) is 30.2 Å². The molecule has 0 spiro atoms. The number of carboxylic acid groups (broad SMARTS) is 2. The molecule has 1 aromatic heterocycles. The van der Waals surface area contributed by atoms with Crippen LogP contribution in [0.3, 0.4) is 0 Å². The molecule has 2 aromatic carbocycles. The topological polar surface area (TPSA) is 163 Å². The van der Waals surface area contributed by atoms with Gasteiger partial charge in [-0.3, -0.25) is 13.9 Å². The van der Waals surface area contributed by atoms with Gasteiger partial charge in [-0.1, -0.05) is 35.5 Å². The molecule has 1 fully saturated rings. The molecular formula is C28H32N4O7S. The summed E-state index contributed by atoms with van der Waals surface area (Å²) in [6.45, 7) is 3.78. The lowest BCUT2D eigenvalue weighted by molar-refractivity contribution is -0.134. The fourth-order valence-electron chi connectivity index (χ4n) is 4.11. The van der Waals surface area contributed by atoms with E-state index in [4.69, 9.17) is 14.7 Å². The number of carbonyl (C=O) groups excluding carboxylic acids is 1. The van der Waals surface area contributed by atoms with Crippen molar-refractivity contribution in [1.82, 2.24) is 20.4 Å². The van der Waals surface area contributed by atoms with Crippen molar-refractivity contribution in [3.8, 4) is 11.5 Å². The Morgan fingerprint density at radius 3 is 2.23 bits per heavy atom. The summed E-state index contributed by atoms with van der Waals surface area (Å²) in [4.78, 5) is 38.9. The van der Waals surface area contributed by atoms with Crippen molar-refractivity contribution in [3.63, 3.8) is 0 Å². The van der Waals surface area contributed by atoms with Gasteiger partial charge in [0.1, 0.15) is 0 Å². The Bertz CT molecular complexity index is 1300. The molecule has 11 nitrogen and oxygen atoms in total. The van der Waals surface area contributed by atoms with Crippen LogP contribution in [0.2, 0.25) is 0 Å². The van der Waals surface area contributed by atoms with Crippen molar-refractivity contribution in [2.24, 2.45) is 5.92 Å². The van der Waals surface area contributed by atoms with Gasteiger partial charge < -0.3 is 20.1 Å². The number of piperidine rings is 1. The predicted molar refractivity (Wildman–Crippen MR) is 148 cm³/mol. The van der Waals surface area contributed by atoms with E-state index >= 15 is 0 Å². The van der Waals surface area contributed by atoms with Crippen molar-refractivity contribution in [1.29, 1.82) is 0 Å². The minimum absolute atomic E-state index is 0.0285. The first-order chi connectivity index (χ1) is 19.2. The van der Waals surface area contributed by atoms with Gasteiger partial charge in [-0.25, -0.2) is 9.59 Å². The second kappa shape index (κ2) is 15.4. The largest absolute Gasteiger partial charge is 0.478 e. The van der Waals surface area contributed by atoms with Crippen molar-refractivity contribution >= 4 is 28.6 Å². The van der Waals surface area contributed by atoms with Crippen LogP contribution in [-0.2, 0) is 26.9 Å². The molecule has 3 N–H and O–H groups in total. The number of nitrogens with one attached hydrogen (secondary N) is 1. The minimum Gasteiger partial charge on any atom is -0.478 e. The average Bonchev–Trinajstić information content (AvgIpc) is 3.44. The smallest absolute Gasteiger partial charge is 0.328 e. The van der Waals surface area contributed by atoms with Gasteiger partial charge in [-0.05, 0) is 68.1 Å². The number of hydrogen-bond acceptors (Lipinski definition) is 8. The Balaban J connectivity index is 0.000000482. The lowest BCUT2D eigenvalue weighted by atomic mass is 9.93. The molecule has 40 heavy (non-hydrogen) atoms. The van der Waals surface area contributed by atoms with Crippen LogP contribution in [0.25, 0.3) is 11.5 Å². The second-order valence-electron chi connectivity index (χ2n) is 9.16. The third kappa shape index (κ3) is 10.2. The van der Waals surface area contributed by atoms with E-state index in [2.05, 4.69) is 44.6 Å². The summed E-state index contributed by atoms with van der Waals surface area (Å²) in [5.74, 6) is -1.92. The van der Waals surface area contributed by atoms with Gasteiger partial charge in [0.15, 0.2) is 0 Å². The molecule has 212 valence electrons. The summed E-state index contributed by atoms with van der Waals surface area (Å²) >= 11 is 0. The SMILES string of the molecule is CS(=O)c1ccc(-c2nc(C(=O)NCCC3CCN(Cc4ccccc4)CC3)no2)cc1.O=C(O)C=CC(=O)O. The first kappa shape index (κ1) is 30.4. The maximum absolute atomic E-state index is 12.4. The molecule has 1 atom stereocenters. The van der Waals surface area contributed by atoms with E-state index in [0.717, 1.165) is 43.8 Å². The molecule has 1 aliphatic rings. The zero-order valence-corrected chi connectivity index (χ0v) is 22.9. The van der Waals surface area contributed by atoms with Crippen LogP contribution in [0.15, 0.2) is 76.2 Å². The number of aromatic nitrogens is 2. The molecule has 0 radical (unpaired) electrons. The van der Waals surface area contributed by atoms with Crippen molar-refractivity contribution in [2.45, 2.75) is 30.7 Å². The maximum Gasteiger partial charge on any atom is 0.328 e. The molecule has 4 rings (SSSR count). The van der Waals surface area contributed by atoms with Gasteiger partial charge in [0.2, 0.25) is 0 Å². The van der Waals surface area contributed by atoms with Gasteiger partial charge in [-0.2, -0.15) is 4.98 Å². The van der Waals surface area contributed by atoms with E-state index in [9.17, 15) is 18.6 Å². The van der Waals surface area contributed by atoms with Crippen molar-refractivity contribution < 1.29 is 33.3 Å². The van der Waals surface area contributed by atoms with Crippen LogP contribution >= 0.6 is 0 Å². The zero-order valence-electron chi connectivity index (χ0n) is 22.1. The molecule has 0 aliphatic carbocycles. The summed E-state index contributed by atoms with van der Waals surface area (Å²) in [5, 5.41) is 22.3. The van der Waals surface area contributed by atoms with Gasteiger partial charge in [0.05, 0.1) is 0 Å². The third-order valence-electron chi connectivity index (χ3n) is 6.23. The van der Waals surface area contributed by atoms with E-state index < -0.39 is 22.7 Å². The van der Waals surface area contributed by atoms with Gasteiger partial charge in [-0.15, -0.1) is 0 Å². The molecule has 2 heterocycles. The van der Waals surface area contributed by atoms with E-state index in [-0.39, 0.29) is 17.6 Å². The maximum atomic E-state index is 12.4. The highest BCUT2D eigenvalue weighted by Gasteiger charge is 2.20. The molecule has 1 aliphatic heterocycles. The average molecular weight is 569 g/mol. The fourth-order valence-corrected chi connectivity index (χ4v) is 4.63. The molecule has 1 unspecified atom stereocenters. The van der Waals surface area contributed by atoms with Crippen LogP contribution in [-0.4, -0.2) is 73.2 Å². The number of carbonyl (C=O) groups is 3. The van der Waals surface area contributed by atoms with Crippen molar-refractivity contribution in [2.75, 3.05) is 25.9 Å². The molecule has 12 heteroatoms. The van der Waals surface area contributed by atoms with Crippen LogP contribution in [0.4, 0.5) is 0 Å². The fraction of sp³-hybridized carbons (Fsp3) is 0.321. The molecule has 1 saturated heterocycles. The molecule has 3 aromatic rings. The van der Waals surface area contributed by atoms with Crippen LogP contribution in [0.1, 0.15) is 35.4 Å². The zero-order chi connectivity index (χ0) is 28.9. The lowest BCUT2D eigenvalue weighted by Crippen LogP contribution is -2.35. The number of likely N-dealkylation sites (tertiary alicyclic amines) is 1. The first-order valence-electron chi connectivity index (χ1n) is 12.7. The molecule has 1 amide bonds. The highest BCUT2D eigenvalue weighted by molar-refractivity contribution is 7.84. The Kier molecular flexibility index (Phi) is 11.7. The summed E-state index contributed by atoms with van der Waals surface area (Å²) < 4.78 is 16.7. The van der Waals surface area contributed by atoms with Gasteiger partial charge >= 0.3 is 11.9 Å². The van der Waals surface area contributed by atoms with Crippen molar-refractivity contribution in [3.05, 3.63) is 78.1 Å². The van der Waals surface area contributed by atoms with Crippen LogP contribution in [0.5, 0.6) is 0 Å². The first-order valence-corrected chi connectivity index (χ1v) is 14.2. The molecule has 0 bridgehead atoms. The van der Waals surface area contributed by atoms with E-state index in [1.54, 1.807) is 30.5 Å².